The van der Waals surface area contributed by atoms with Crippen molar-refractivity contribution in [3.8, 4) is 0 Å². The smallest absolute Gasteiger partial charge is 0.0793 e. The summed E-state index contributed by atoms with van der Waals surface area (Å²) in [5.41, 5.74) is 7.02. The molecule has 0 saturated carbocycles. The van der Waals surface area contributed by atoms with Crippen LogP contribution in [0.2, 0.25) is 0 Å². The van der Waals surface area contributed by atoms with E-state index in [0.29, 0.717) is 0 Å². The van der Waals surface area contributed by atoms with Crippen molar-refractivity contribution in [3.05, 3.63) is 51.8 Å². The first-order valence-corrected chi connectivity index (χ1v) is 7.14. The molecule has 1 unspecified atom stereocenters. The SMILES string of the molecule is Cc1ccc(C(O)CCc2c(C)nn(C)c2C)cc1C. The van der Waals surface area contributed by atoms with Gasteiger partial charge in [-0.05, 0) is 62.8 Å². The standard InChI is InChI=1S/C17H24N2O/c1-11-6-7-15(10-12(11)2)17(20)9-8-16-13(3)18-19(5)14(16)4/h6-7,10,17,20H,8-9H2,1-5H3. The van der Waals surface area contributed by atoms with E-state index in [1.807, 2.05) is 24.7 Å². The molecule has 0 saturated heterocycles. The van der Waals surface area contributed by atoms with Crippen molar-refractivity contribution in [2.45, 2.75) is 46.6 Å². The second-order valence-electron chi connectivity index (χ2n) is 5.67. The average molecular weight is 272 g/mol. The van der Waals surface area contributed by atoms with Crippen LogP contribution < -0.4 is 0 Å². The fourth-order valence-electron chi connectivity index (χ4n) is 2.60. The lowest BCUT2D eigenvalue weighted by Gasteiger charge is -2.13. The number of rotatable bonds is 4. The van der Waals surface area contributed by atoms with Gasteiger partial charge in [-0.2, -0.15) is 5.10 Å². The van der Waals surface area contributed by atoms with Gasteiger partial charge in [0.1, 0.15) is 0 Å². The lowest BCUT2D eigenvalue weighted by molar-refractivity contribution is 0.167. The lowest BCUT2D eigenvalue weighted by Crippen LogP contribution is -2.02. The largest absolute Gasteiger partial charge is 0.388 e. The number of aryl methyl sites for hydroxylation is 4. The molecule has 1 N–H and O–H groups in total. The molecule has 0 spiro atoms. The van der Waals surface area contributed by atoms with Crippen molar-refractivity contribution in [3.63, 3.8) is 0 Å². The zero-order valence-corrected chi connectivity index (χ0v) is 13.1. The van der Waals surface area contributed by atoms with E-state index in [9.17, 15) is 5.11 Å². The molecule has 0 amide bonds. The second-order valence-corrected chi connectivity index (χ2v) is 5.67. The minimum atomic E-state index is -0.409. The Hall–Kier alpha value is -1.61. The molecular weight excluding hydrogens is 248 g/mol. The first-order valence-electron chi connectivity index (χ1n) is 7.14. The number of hydrogen-bond acceptors (Lipinski definition) is 2. The zero-order chi connectivity index (χ0) is 14.9. The molecule has 0 aliphatic heterocycles. The Bertz CT molecular complexity index is 614. The van der Waals surface area contributed by atoms with Crippen LogP contribution in [0.4, 0.5) is 0 Å². The number of nitrogens with zero attached hydrogens (tertiary/aromatic N) is 2. The Labute approximate surface area is 121 Å². The Morgan fingerprint density at radius 2 is 1.85 bits per heavy atom. The highest BCUT2D eigenvalue weighted by molar-refractivity contribution is 5.31. The highest BCUT2D eigenvalue weighted by Gasteiger charge is 2.13. The van der Waals surface area contributed by atoms with Crippen LogP contribution in [-0.2, 0) is 13.5 Å². The van der Waals surface area contributed by atoms with Crippen LogP contribution in [0.1, 0.15) is 46.2 Å². The van der Waals surface area contributed by atoms with Gasteiger partial charge in [0, 0.05) is 12.7 Å². The first kappa shape index (κ1) is 14.8. The van der Waals surface area contributed by atoms with E-state index in [1.165, 1.54) is 22.4 Å². The predicted octanol–water partition coefficient (Wildman–Crippen LogP) is 3.32. The molecule has 3 heteroatoms. The topological polar surface area (TPSA) is 38.1 Å². The number of aromatic nitrogens is 2. The van der Waals surface area contributed by atoms with Gasteiger partial charge in [0.2, 0.25) is 0 Å². The minimum absolute atomic E-state index is 0.409. The normalized spacial score (nSPS) is 12.7. The molecule has 1 aromatic carbocycles. The predicted molar refractivity (Wildman–Crippen MR) is 81.9 cm³/mol. The van der Waals surface area contributed by atoms with Crippen LogP contribution in [0.25, 0.3) is 0 Å². The van der Waals surface area contributed by atoms with Crippen molar-refractivity contribution >= 4 is 0 Å². The third-order valence-electron chi connectivity index (χ3n) is 4.24. The fourth-order valence-corrected chi connectivity index (χ4v) is 2.60. The van der Waals surface area contributed by atoms with E-state index >= 15 is 0 Å². The molecule has 0 radical (unpaired) electrons. The van der Waals surface area contributed by atoms with Crippen molar-refractivity contribution in [1.82, 2.24) is 9.78 Å². The summed E-state index contributed by atoms with van der Waals surface area (Å²) < 4.78 is 1.91. The molecule has 1 heterocycles. The van der Waals surface area contributed by atoms with Crippen molar-refractivity contribution < 1.29 is 5.11 Å². The van der Waals surface area contributed by atoms with Gasteiger partial charge >= 0.3 is 0 Å². The zero-order valence-electron chi connectivity index (χ0n) is 13.1. The molecule has 1 atom stereocenters. The Morgan fingerprint density at radius 3 is 2.40 bits per heavy atom. The molecule has 0 aliphatic carbocycles. The highest BCUT2D eigenvalue weighted by atomic mass is 16.3. The summed E-state index contributed by atoms with van der Waals surface area (Å²) >= 11 is 0. The van der Waals surface area contributed by atoms with Crippen molar-refractivity contribution in [1.29, 1.82) is 0 Å². The summed E-state index contributed by atoms with van der Waals surface area (Å²) in [6, 6.07) is 6.19. The molecule has 20 heavy (non-hydrogen) atoms. The molecule has 2 rings (SSSR count). The molecular formula is C17H24N2O. The van der Waals surface area contributed by atoms with Gasteiger partial charge in [-0.1, -0.05) is 18.2 Å². The number of benzene rings is 1. The van der Waals surface area contributed by atoms with Crippen LogP contribution in [-0.4, -0.2) is 14.9 Å². The molecule has 2 aromatic rings. The highest BCUT2D eigenvalue weighted by Crippen LogP contribution is 2.23. The van der Waals surface area contributed by atoms with Gasteiger partial charge in [0.05, 0.1) is 11.8 Å². The Morgan fingerprint density at radius 1 is 1.15 bits per heavy atom. The van der Waals surface area contributed by atoms with E-state index in [-0.39, 0.29) is 0 Å². The van der Waals surface area contributed by atoms with E-state index in [2.05, 4.69) is 38.0 Å². The monoisotopic (exact) mass is 272 g/mol. The molecule has 1 aromatic heterocycles. The maximum absolute atomic E-state index is 10.4. The van der Waals surface area contributed by atoms with E-state index < -0.39 is 6.10 Å². The molecule has 108 valence electrons. The van der Waals surface area contributed by atoms with Crippen LogP contribution in [0.5, 0.6) is 0 Å². The summed E-state index contributed by atoms with van der Waals surface area (Å²) in [7, 11) is 1.96. The summed E-state index contributed by atoms with van der Waals surface area (Å²) in [6.07, 6.45) is 1.18. The number of aliphatic hydroxyl groups is 1. The van der Waals surface area contributed by atoms with E-state index in [0.717, 1.165) is 24.1 Å². The fraction of sp³-hybridized carbons (Fsp3) is 0.471. The van der Waals surface area contributed by atoms with Crippen LogP contribution >= 0.6 is 0 Å². The summed E-state index contributed by atoms with van der Waals surface area (Å²) in [5, 5.41) is 14.8. The maximum Gasteiger partial charge on any atom is 0.0793 e. The summed E-state index contributed by atoms with van der Waals surface area (Å²) in [5.74, 6) is 0. The van der Waals surface area contributed by atoms with Crippen molar-refractivity contribution in [2.75, 3.05) is 0 Å². The number of aliphatic hydroxyl groups excluding tert-OH is 1. The Kier molecular flexibility index (Phi) is 4.29. The van der Waals surface area contributed by atoms with Crippen LogP contribution in [0.3, 0.4) is 0 Å². The maximum atomic E-state index is 10.4. The van der Waals surface area contributed by atoms with Gasteiger partial charge in [0.15, 0.2) is 0 Å². The van der Waals surface area contributed by atoms with Crippen LogP contribution in [0, 0.1) is 27.7 Å². The number of hydrogen-bond donors (Lipinski definition) is 1. The third-order valence-corrected chi connectivity index (χ3v) is 4.24. The lowest BCUT2D eigenvalue weighted by atomic mass is 9.97. The quantitative estimate of drug-likeness (QED) is 0.927. The van der Waals surface area contributed by atoms with Crippen molar-refractivity contribution in [2.24, 2.45) is 7.05 Å². The first-order chi connectivity index (χ1) is 9.40. The molecule has 0 aliphatic rings. The second kappa shape index (κ2) is 5.80. The van der Waals surface area contributed by atoms with Gasteiger partial charge in [-0.25, -0.2) is 0 Å². The van der Waals surface area contributed by atoms with Gasteiger partial charge < -0.3 is 5.11 Å². The Balaban J connectivity index is 2.08. The van der Waals surface area contributed by atoms with Crippen LogP contribution in [0.15, 0.2) is 18.2 Å². The van der Waals surface area contributed by atoms with Gasteiger partial charge in [-0.3, -0.25) is 4.68 Å². The average Bonchev–Trinajstić information content (AvgIpc) is 2.64. The minimum Gasteiger partial charge on any atom is -0.388 e. The molecule has 0 bridgehead atoms. The third kappa shape index (κ3) is 2.93. The molecule has 3 nitrogen and oxygen atoms in total. The summed E-state index contributed by atoms with van der Waals surface area (Å²) in [6.45, 7) is 8.29. The van der Waals surface area contributed by atoms with Gasteiger partial charge in [0.25, 0.3) is 0 Å². The van der Waals surface area contributed by atoms with E-state index in [1.54, 1.807) is 0 Å². The van der Waals surface area contributed by atoms with E-state index in [4.69, 9.17) is 0 Å². The molecule has 0 fully saturated rings. The van der Waals surface area contributed by atoms with Gasteiger partial charge in [-0.15, -0.1) is 0 Å². The summed E-state index contributed by atoms with van der Waals surface area (Å²) in [4.78, 5) is 0.